The van der Waals surface area contributed by atoms with Crippen LogP contribution < -0.4 is 0 Å². The van der Waals surface area contributed by atoms with Crippen molar-refractivity contribution in [2.45, 2.75) is 20.8 Å². The molecule has 0 radical (unpaired) electrons. The van der Waals surface area contributed by atoms with Crippen LogP contribution >= 0.6 is 7.60 Å². The van der Waals surface area contributed by atoms with Gasteiger partial charge in [0.15, 0.2) is 0 Å². The first-order chi connectivity index (χ1) is 9.18. The molecule has 0 aliphatic carbocycles. The molecule has 0 unspecified atom stereocenters. The predicted octanol–water partition coefficient (Wildman–Crippen LogP) is 4.29. The molecule has 0 saturated heterocycles. The van der Waals surface area contributed by atoms with Crippen LogP contribution in [0.15, 0.2) is 36.6 Å². The van der Waals surface area contributed by atoms with E-state index in [0.717, 1.165) is 5.56 Å². The van der Waals surface area contributed by atoms with Gasteiger partial charge in [-0.15, -0.1) is 0 Å². The van der Waals surface area contributed by atoms with E-state index in [9.17, 15) is 4.57 Å². The highest BCUT2D eigenvalue weighted by Gasteiger charge is 2.31. The zero-order valence-electron chi connectivity index (χ0n) is 11.7. The molecule has 5 heteroatoms. The van der Waals surface area contributed by atoms with Gasteiger partial charge in [-0.05, 0) is 26.3 Å². The molecule has 4 nitrogen and oxygen atoms in total. The van der Waals surface area contributed by atoms with Gasteiger partial charge >= 0.3 is 7.60 Å². The van der Waals surface area contributed by atoms with Gasteiger partial charge in [-0.2, -0.15) is 0 Å². The van der Waals surface area contributed by atoms with Crippen molar-refractivity contribution < 1.29 is 18.3 Å². The lowest BCUT2D eigenvalue weighted by atomic mass is 10.2. The van der Waals surface area contributed by atoms with E-state index in [1.165, 1.54) is 6.26 Å². The third kappa shape index (κ3) is 4.50. The summed E-state index contributed by atoms with van der Waals surface area (Å²) in [4.78, 5) is 0. The Morgan fingerprint density at radius 2 is 1.63 bits per heavy atom. The molecule has 0 aliphatic rings. The van der Waals surface area contributed by atoms with Crippen molar-refractivity contribution in [1.82, 2.24) is 0 Å². The van der Waals surface area contributed by atoms with Gasteiger partial charge < -0.3 is 13.8 Å². The summed E-state index contributed by atoms with van der Waals surface area (Å²) >= 11 is 0. The molecular weight excluding hydrogens is 263 g/mol. The maximum absolute atomic E-state index is 12.8. The number of hydrogen-bond acceptors (Lipinski definition) is 4. The molecule has 0 N–H and O–H groups in total. The lowest BCUT2D eigenvalue weighted by Crippen LogP contribution is -1.99. The Labute approximate surface area is 114 Å². The minimum atomic E-state index is -3.34. The van der Waals surface area contributed by atoms with Crippen molar-refractivity contribution in [1.29, 1.82) is 0 Å². The summed E-state index contributed by atoms with van der Waals surface area (Å²) in [6.45, 7) is 6.56. The standard InChI is InChI=1S/C14H21O4P/c1-4-16-12-14(13-10-8-7-9-11-13)19(15,17-5-2)18-6-3/h7-12H,4-6H2,1-3H3/b14-12-. The highest BCUT2D eigenvalue weighted by molar-refractivity contribution is 7.65. The monoisotopic (exact) mass is 284 g/mol. The van der Waals surface area contributed by atoms with Gasteiger partial charge in [0.25, 0.3) is 0 Å². The third-order valence-electron chi connectivity index (χ3n) is 2.32. The Balaban J connectivity index is 3.18. The Kier molecular flexibility index (Phi) is 6.85. The normalized spacial score (nSPS) is 12.5. The van der Waals surface area contributed by atoms with Crippen LogP contribution in [-0.2, 0) is 18.3 Å². The van der Waals surface area contributed by atoms with Crippen molar-refractivity contribution in [3.8, 4) is 0 Å². The van der Waals surface area contributed by atoms with Crippen molar-refractivity contribution in [3.63, 3.8) is 0 Å². The average Bonchev–Trinajstić information content (AvgIpc) is 2.41. The van der Waals surface area contributed by atoms with Crippen molar-refractivity contribution in [3.05, 3.63) is 42.2 Å². The Morgan fingerprint density at radius 1 is 1.05 bits per heavy atom. The molecule has 0 saturated carbocycles. The summed E-state index contributed by atoms with van der Waals surface area (Å²) in [5.41, 5.74) is 0.779. The molecule has 1 rings (SSSR count). The maximum Gasteiger partial charge on any atom is 0.365 e. The topological polar surface area (TPSA) is 44.8 Å². The fourth-order valence-electron chi connectivity index (χ4n) is 1.58. The Hall–Kier alpha value is -1.09. The zero-order chi connectivity index (χ0) is 14.1. The number of ether oxygens (including phenoxy) is 1. The number of rotatable bonds is 8. The minimum absolute atomic E-state index is 0.313. The molecular formula is C14H21O4P. The smallest absolute Gasteiger partial charge is 0.365 e. The van der Waals surface area contributed by atoms with Crippen LogP contribution in [0, 0.1) is 0 Å². The van der Waals surface area contributed by atoms with E-state index in [1.807, 2.05) is 37.3 Å². The zero-order valence-corrected chi connectivity index (χ0v) is 12.6. The summed E-state index contributed by atoms with van der Waals surface area (Å²) in [6, 6.07) is 9.36. The molecule has 0 aliphatic heterocycles. The molecule has 0 bridgehead atoms. The van der Waals surface area contributed by atoms with Crippen LogP contribution in [0.25, 0.3) is 5.31 Å². The van der Waals surface area contributed by atoms with E-state index in [2.05, 4.69) is 0 Å². The summed E-state index contributed by atoms with van der Waals surface area (Å²) < 4.78 is 28.9. The Bertz CT molecular complexity index is 432. The van der Waals surface area contributed by atoms with Crippen LogP contribution in [-0.4, -0.2) is 19.8 Å². The van der Waals surface area contributed by atoms with Crippen LogP contribution in [0.3, 0.4) is 0 Å². The Morgan fingerprint density at radius 3 is 2.11 bits per heavy atom. The van der Waals surface area contributed by atoms with Gasteiger partial charge in [-0.25, -0.2) is 0 Å². The van der Waals surface area contributed by atoms with E-state index in [0.29, 0.717) is 25.1 Å². The molecule has 0 amide bonds. The largest absolute Gasteiger partial charge is 0.501 e. The molecule has 0 aromatic heterocycles. The maximum atomic E-state index is 12.8. The van der Waals surface area contributed by atoms with Crippen LogP contribution in [0.4, 0.5) is 0 Å². The lowest BCUT2D eigenvalue weighted by molar-refractivity contribution is 0.228. The quantitative estimate of drug-likeness (QED) is 0.527. The van der Waals surface area contributed by atoms with Gasteiger partial charge in [0.1, 0.15) is 5.31 Å². The van der Waals surface area contributed by atoms with E-state index in [-0.39, 0.29) is 0 Å². The van der Waals surface area contributed by atoms with Crippen LogP contribution in [0.1, 0.15) is 26.3 Å². The first kappa shape index (κ1) is 16.0. The summed E-state index contributed by atoms with van der Waals surface area (Å²) in [5, 5.41) is 0.457. The van der Waals surface area contributed by atoms with E-state index < -0.39 is 7.60 Å². The molecule has 1 aromatic rings. The van der Waals surface area contributed by atoms with Crippen LogP contribution in [0.5, 0.6) is 0 Å². The fraction of sp³-hybridized carbons (Fsp3) is 0.429. The SMILES string of the molecule is CCO/C=C(/c1ccccc1)P(=O)(OCC)OCC. The summed E-state index contributed by atoms with van der Waals surface area (Å²) in [7, 11) is -3.34. The first-order valence-electron chi connectivity index (χ1n) is 6.44. The first-order valence-corrected chi connectivity index (χ1v) is 7.99. The highest BCUT2D eigenvalue weighted by Crippen LogP contribution is 2.60. The third-order valence-corrected chi connectivity index (χ3v) is 4.47. The van der Waals surface area contributed by atoms with Gasteiger partial charge in [0.2, 0.25) is 0 Å². The molecule has 106 valence electrons. The average molecular weight is 284 g/mol. The summed E-state index contributed by atoms with van der Waals surface area (Å²) in [6.07, 6.45) is 1.47. The van der Waals surface area contributed by atoms with Gasteiger partial charge in [0, 0.05) is 0 Å². The number of benzene rings is 1. The summed E-state index contributed by atoms with van der Waals surface area (Å²) in [5.74, 6) is 0. The second-order valence-electron chi connectivity index (χ2n) is 3.66. The molecule has 0 spiro atoms. The van der Waals surface area contributed by atoms with E-state index in [4.69, 9.17) is 13.8 Å². The fourth-order valence-corrected chi connectivity index (χ4v) is 3.28. The minimum Gasteiger partial charge on any atom is -0.501 e. The van der Waals surface area contributed by atoms with Crippen molar-refractivity contribution in [2.75, 3.05) is 19.8 Å². The number of hydrogen-bond donors (Lipinski definition) is 0. The lowest BCUT2D eigenvalue weighted by Gasteiger charge is -2.20. The van der Waals surface area contributed by atoms with Gasteiger partial charge in [0.05, 0.1) is 26.1 Å². The van der Waals surface area contributed by atoms with Crippen molar-refractivity contribution in [2.24, 2.45) is 0 Å². The second kappa shape index (κ2) is 8.16. The predicted molar refractivity (Wildman–Crippen MR) is 76.9 cm³/mol. The van der Waals surface area contributed by atoms with Gasteiger partial charge in [-0.1, -0.05) is 30.3 Å². The van der Waals surface area contributed by atoms with Gasteiger partial charge in [-0.3, -0.25) is 4.57 Å². The molecule has 1 aromatic carbocycles. The molecule has 0 atom stereocenters. The van der Waals surface area contributed by atoms with Crippen molar-refractivity contribution >= 4 is 12.9 Å². The molecule has 19 heavy (non-hydrogen) atoms. The molecule has 0 heterocycles. The molecule has 0 fully saturated rings. The van der Waals surface area contributed by atoms with Crippen LogP contribution in [0.2, 0.25) is 0 Å². The second-order valence-corrected chi connectivity index (χ2v) is 5.65. The van der Waals surface area contributed by atoms with E-state index >= 15 is 0 Å². The highest BCUT2D eigenvalue weighted by atomic mass is 31.2. The van der Waals surface area contributed by atoms with E-state index in [1.54, 1.807) is 13.8 Å².